The fraction of sp³-hybridized carbons (Fsp3) is 0.133. The molecule has 0 aliphatic rings. The summed E-state index contributed by atoms with van der Waals surface area (Å²) in [7, 11) is 0. The standard InChI is InChI=1S/C15H11F4NO2/c1-9-5-6-10(16)7-13(9)14(21)20-11-3-2-4-12(8-11)22-15(17,18)19/h2-8H,1H3,(H,20,21). The van der Waals surface area contributed by atoms with Gasteiger partial charge in [-0.15, -0.1) is 13.2 Å². The lowest BCUT2D eigenvalue weighted by atomic mass is 10.1. The van der Waals surface area contributed by atoms with E-state index in [9.17, 15) is 22.4 Å². The second kappa shape index (κ2) is 6.05. The van der Waals surface area contributed by atoms with Crippen LogP contribution >= 0.6 is 0 Å². The molecule has 116 valence electrons. The molecule has 0 aliphatic carbocycles. The number of hydrogen-bond acceptors (Lipinski definition) is 2. The number of rotatable bonds is 3. The minimum atomic E-state index is -4.82. The highest BCUT2D eigenvalue weighted by atomic mass is 19.4. The van der Waals surface area contributed by atoms with Crippen molar-refractivity contribution < 1.29 is 27.1 Å². The van der Waals surface area contributed by atoms with Gasteiger partial charge in [-0.25, -0.2) is 4.39 Å². The van der Waals surface area contributed by atoms with Crippen LogP contribution in [0.4, 0.5) is 23.2 Å². The van der Waals surface area contributed by atoms with Gasteiger partial charge in [-0.3, -0.25) is 4.79 Å². The van der Waals surface area contributed by atoms with E-state index in [-0.39, 0.29) is 11.3 Å². The molecule has 2 aromatic rings. The molecule has 0 fully saturated rings. The van der Waals surface area contributed by atoms with E-state index in [1.807, 2.05) is 0 Å². The molecular weight excluding hydrogens is 302 g/mol. The van der Waals surface area contributed by atoms with Crippen molar-refractivity contribution in [3.63, 3.8) is 0 Å². The summed E-state index contributed by atoms with van der Waals surface area (Å²) in [5.41, 5.74) is 0.749. The van der Waals surface area contributed by atoms with Gasteiger partial charge in [-0.05, 0) is 36.8 Å². The molecule has 0 heterocycles. The molecule has 0 bridgehead atoms. The first kappa shape index (κ1) is 15.8. The van der Waals surface area contributed by atoms with Crippen LogP contribution in [0.15, 0.2) is 42.5 Å². The summed E-state index contributed by atoms with van der Waals surface area (Å²) in [6.45, 7) is 1.62. The number of alkyl halides is 3. The molecule has 3 nitrogen and oxygen atoms in total. The number of nitrogens with one attached hydrogen (secondary N) is 1. The molecule has 0 aromatic heterocycles. The van der Waals surface area contributed by atoms with E-state index in [0.717, 1.165) is 18.2 Å². The Morgan fingerprint density at radius 1 is 1.14 bits per heavy atom. The van der Waals surface area contributed by atoms with Crippen molar-refractivity contribution in [2.24, 2.45) is 0 Å². The zero-order chi connectivity index (χ0) is 16.3. The number of anilines is 1. The summed E-state index contributed by atoms with van der Waals surface area (Å²) in [5, 5.41) is 2.40. The molecule has 1 N–H and O–H groups in total. The van der Waals surface area contributed by atoms with Gasteiger partial charge >= 0.3 is 6.36 Å². The number of carbonyl (C=O) groups excluding carboxylic acids is 1. The van der Waals surface area contributed by atoms with E-state index in [0.29, 0.717) is 5.56 Å². The molecule has 0 saturated heterocycles. The Bertz CT molecular complexity index is 698. The Kier molecular flexibility index (Phi) is 4.35. The number of halogens is 4. The van der Waals surface area contributed by atoms with E-state index in [1.165, 1.54) is 24.3 Å². The first-order chi connectivity index (χ1) is 10.2. The quantitative estimate of drug-likeness (QED) is 0.859. The van der Waals surface area contributed by atoms with Crippen LogP contribution in [0.3, 0.4) is 0 Å². The summed E-state index contributed by atoms with van der Waals surface area (Å²) >= 11 is 0. The van der Waals surface area contributed by atoms with Gasteiger partial charge in [0.25, 0.3) is 5.91 Å². The molecule has 2 aromatic carbocycles. The van der Waals surface area contributed by atoms with Gasteiger partial charge in [0.05, 0.1) is 0 Å². The van der Waals surface area contributed by atoms with Gasteiger partial charge in [0.2, 0.25) is 0 Å². The van der Waals surface area contributed by atoms with Crippen molar-refractivity contribution in [1.29, 1.82) is 0 Å². The zero-order valence-electron chi connectivity index (χ0n) is 11.4. The largest absolute Gasteiger partial charge is 0.573 e. The van der Waals surface area contributed by atoms with Crippen molar-refractivity contribution in [2.45, 2.75) is 13.3 Å². The normalized spacial score (nSPS) is 11.1. The van der Waals surface area contributed by atoms with E-state index >= 15 is 0 Å². The lowest BCUT2D eigenvalue weighted by molar-refractivity contribution is -0.274. The third-order valence-corrected chi connectivity index (χ3v) is 2.77. The van der Waals surface area contributed by atoms with Gasteiger partial charge < -0.3 is 10.1 Å². The summed E-state index contributed by atoms with van der Waals surface area (Å²) in [6, 6.07) is 8.54. The predicted molar refractivity (Wildman–Crippen MR) is 72.2 cm³/mol. The first-order valence-electron chi connectivity index (χ1n) is 6.18. The summed E-state index contributed by atoms with van der Waals surface area (Å²) in [4.78, 5) is 12.0. The van der Waals surface area contributed by atoms with Gasteiger partial charge in [0, 0.05) is 17.3 Å². The summed E-state index contributed by atoms with van der Waals surface area (Å²) in [5.74, 6) is -1.66. The molecule has 0 aliphatic heterocycles. The van der Waals surface area contributed by atoms with E-state index in [4.69, 9.17) is 0 Å². The van der Waals surface area contributed by atoms with Crippen LogP contribution in [0, 0.1) is 12.7 Å². The second-order valence-corrected chi connectivity index (χ2v) is 4.49. The number of aryl methyl sites for hydroxylation is 1. The van der Waals surface area contributed by atoms with Crippen molar-refractivity contribution in [3.05, 3.63) is 59.4 Å². The van der Waals surface area contributed by atoms with Crippen LogP contribution in [0.1, 0.15) is 15.9 Å². The third kappa shape index (κ3) is 4.21. The molecule has 1 amide bonds. The third-order valence-electron chi connectivity index (χ3n) is 2.77. The van der Waals surface area contributed by atoms with E-state index in [1.54, 1.807) is 6.92 Å². The van der Waals surface area contributed by atoms with Crippen LogP contribution in [0.2, 0.25) is 0 Å². The Hall–Kier alpha value is -2.57. The van der Waals surface area contributed by atoms with Crippen LogP contribution < -0.4 is 10.1 Å². The SMILES string of the molecule is Cc1ccc(F)cc1C(=O)Nc1cccc(OC(F)(F)F)c1. The summed E-state index contributed by atoms with van der Waals surface area (Å²) in [6.07, 6.45) is -4.82. The molecule has 0 spiro atoms. The second-order valence-electron chi connectivity index (χ2n) is 4.49. The average Bonchev–Trinajstić information content (AvgIpc) is 2.40. The van der Waals surface area contributed by atoms with Gasteiger partial charge in [0.1, 0.15) is 11.6 Å². The highest BCUT2D eigenvalue weighted by molar-refractivity contribution is 6.05. The summed E-state index contributed by atoms with van der Waals surface area (Å²) < 4.78 is 53.4. The average molecular weight is 313 g/mol. The maximum atomic E-state index is 13.2. The predicted octanol–water partition coefficient (Wildman–Crippen LogP) is 4.29. The van der Waals surface area contributed by atoms with Crippen LogP contribution in [0.25, 0.3) is 0 Å². The highest BCUT2D eigenvalue weighted by Crippen LogP contribution is 2.25. The molecule has 0 radical (unpaired) electrons. The van der Waals surface area contributed by atoms with Crippen molar-refractivity contribution in [2.75, 3.05) is 5.32 Å². The van der Waals surface area contributed by atoms with Crippen molar-refractivity contribution in [3.8, 4) is 5.75 Å². The van der Waals surface area contributed by atoms with Crippen LogP contribution in [0.5, 0.6) is 5.75 Å². The number of carbonyl (C=O) groups is 1. The minimum Gasteiger partial charge on any atom is -0.406 e. The minimum absolute atomic E-state index is 0.0992. The fourth-order valence-electron chi connectivity index (χ4n) is 1.81. The van der Waals surface area contributed by atoms with Crippen LogP contribution in [-0.4, -0.2) is 12.3 Å². The first-order valence-corrected chi connectivity index (χ1v) is 6.18. The van der Waals surface area contributed by atoms with Gasteiger partial charge in [-0.1, -0.05) is 12.1 Å². The number of amides is 1. The highest BCUT2D eigenvalue weighted by Gasteiger charge is 2.31. The smallest absolute Gasteiger partial charge is 0.406 e. The molecule has 0 saturated carbocycles. The maximum absolute atomic E-state index is 13.2. The molecule has 0 atom stereocenters. The van der Waals surface area contributed by atoms with E-state index in [2.05, 4.69) is 10.1 Å². The van der Waals surface area contributed by atoms with Crippen molar-refractivity contribution in [1.82, 2.24) is 0 Å². The Balaban J connectivity index is 2.18. The number of hydrogen-bond donors (Lipinski definition) is 1. The van der Waals surface area contributed by atoms with Crippen molar-refractivity contribution >= 4 is 11.6 Å². The van der Waals surface area contributed by atoms with Gasteiger partial charge in [0.15, 0.2) is 0 Å². The Morgan fingerprint density at radius 2 is 1.86 bits per heavy atom. The molecule has 0 unspecified atom stereocenters. The molecule has 2 rings (SSSR count). The lowest BCUT2D eigenvalue weighted by Gasteiger charge is -2.11. The number of ether oxygens (including phenoxy) is 1. The van der Waals surface area contributed by atoms with Gasteiger partial charge in [-0.2, -0.15) is 0 Å². The van der Waals surface area contributed by atoms with E-state index < -0.39 is 23.8 Å². The Morgan fingerprint density at radius 3 is 2.55 bits per heavy atom. The molecule has 7 heteroatoms. The fourth-order valence-corrected chi connectivity index (χ4v) is 1.81. The maximum Gasteiger partial charge on any atom is 0.573 e. The van der Waals surface area contributed by atoms with Crippen LogP contribution in [-0.2, 0) is 0 Å². The monoisotopic (exact) mass is 313 g/mol. The molecule has 22 heavy (non-hydrogen) atoms. The molecular formula is C15H11F4NO2. The Labute approximate surface area is 123 Å². The number of benzene rings is 2. The lowest BCUT2D eigenvalue weighted by Crippen LogP contribution is -2.17. The topological polar surface area (TPSA) is 38.3 Å². The zero-order valence-corrected chi connectivity index (χ0v) is 11.4.